The summed E-state index contributed by atoms with van der Waals surface area (Å²) in [6, 6.07) is 2.44. The number of hydrogen-bond donors (Lipinski definition) is 1. The first-order valence-electron chi connectivity index (χ1n) is 9.16. The van der Waals surface area contributed by atoms with Crippen LogP contribution >= 0.6 is 11.3 Å². The van der Waals surface area contributed by atoms with E-state index in [0.29, 0.717) is 6.04 Å². The molecule has 0 saturated heterocycles. The Morgan fingerprint density at radius 2 is 2.04 bits per heavy atom. The molecule has 0 atom stereocenters. The van der Waals surface area contributed by atoms with Crippen molar-refractivity contribution in [2.45, 2.75) is 45.1 Å². The van der Waals surface area contributed by atoms with E-state index in [1.165, 1.54) is 17.3 Å². The molecule has 0 spiro atoms. The van der Waals surface area contributed by atoms with Gasteiger partial charge in [-0.25, -0.2) is 18.1 Å². The number of hydrogen-bond acceptors (Lipinski definition) is 5. The first-order valence-corrected chi connectivity index (χ1v) is 11.7. The van der Waals surface area contributed by atoms with Gasteiger partial charge in [0.1, 0.15) is 11.3 Å². The Hall–Kier alpha value is -1.51. The smallest absolute Gasteiger partial charge is 0.211 e. The van der Waals surface area contributed by atoms with E-state index in [2.05, 4.69) is 32.6 Å². The highest BCUT2D eigenvalue weighted by Gasteiger charge is 2.28. The number of nitrogens with one attached hydrogen (secondary N) is 1. The molecule has 0 aliphatic heterocycles. The molecule has 4 rings (SSSR count). The van der Waals surface area contributed by atoms with Crippen molar-refractivity contribution < 1.29 is 8.42 Å². The van der Waals surface area contributed by atoms with Crippen LogP contribution in [0.3, 0.4) is 0 Å². The van der Waals surface area contributed by atoms with Crippen molar-refractivity contribution in [3.05, 3.63) is 23.5 Å². The number of fused-ring (bicyclic) bond motifs is 3. The second kappa shape index (κ2) is 6.90. The first kappa shape index (κ1) is 17.9. The molecular weight excluding hydrogens is 368 g/mol. The van der Waals surface area contributed by atoms with Crippen LogP contribution in [0.15, 0.2) is 17.6 Å². The van der Waals surface area contributed by atoms with Crippen molar-refractivity contribution in [3.63, 3.8) is 0 Å². The second-order valence-electron chi connectivity index (χ2n) is 7.04. The van der Waals surface area contributed by atoms with Gasteiger partial charge in [-0.15, -0.1) is 11.3 Å². The minimum absolute atomic E-state index is 0.237. The van der Waals surface area contributed by atoms with E-state index in [9.17, 15) is 8.42 Å². The Kier molecular flexibility index (Phi) is 4.75. The number of aromatic nitrogens is 3. The molecule has 3 aromatic heterocycles. The lowest BCUT2D eigenvalue weighted by Crippen LogP contribution is -2.29. The van der Waals surface area contributed by atoms with E-state index in [0.717, 1.165) is 49.0 Å². The first-order chi connectivity index (χ1) is 12.5. The van der Waals surface area contributed by atoms with E-state index in [-0.39, 0.29) is 11.7 Å². The molecule has 3 heterocycles. The van der Waals surface area contributed by atoms with Crippen molar-refractivity contribution in [1.29, 1.82) is 0 Å². The van der Waals surface area contributed by atoms with Crippen LogP contribution in [-0.4, -0.2) is 35.8 Å². The Morgan fingerprint density at radius 3 is 2.73 bits per heavy atom. The zero-order chi connectivity index (χ0) is 18.3. The Labute approximate surface area is 157 Å². The molecule has 3 aromatic rings. The van der Waals surface area contributed by atoms with Crippen LogP contribution in [0.4, 0.5) is 0 Å². The average Bonchev–Trinajstić information content (AvgIpc) is 3.25. The quantitative estimate of drug-likeness (QED) is 0.721. The lowest BCUT2D eigenvalue weighted by atomic mass is 9.87. The predicted molar refractivity (Wildman–Crippen MR) is 106 cm³/mol. The van der Waals surface area contributed by atoms with Crippen molar-refractivity contribution in [2.24, 2.45) is 5.92 Å². The van der Waals surface area contributed by atoms with E-state index < -0.39 is 10.0 Å². The van der Waals surface area contributed by atoms with E-state index >= 15 is 0 Å². The molecule has 0 amide bonds. The number of sulfonamides is 1. The monoisotopic (exact) mass is 392 g/mol. The van der Waals surface area contributed by atoms with Crippen LogP contribution in [0.2, 0.25) is 0 Å². The normalized spacial score (nSPS) is 21.6. The maximum absolute atomic E-state index is 11.8. The average molecular weight is 393 g/mol. The van der Waals surface area contributed by atoms with E-state index in [4.69, 9.17) is 4.98 Å². The van der Waals surface area contributed by atoms with Crippen molar-refractivity contribution in [3.8, 4) is 0 Å². The summed E-state index contributed by atoms with van der Waals surface area (Å²) >= 11 is 1.72. The van der Waals surface area contributed by atoms with Crippen LogP contribution in [0.5, 0.6) is 0 Å². The van der Waals surface area contributed by atoms with Gasteiger partial charge < -0.3 is 4.57 Å². The summed E-state index contributed by atoms with van der Waals surface area (Å²) in [4.78, 5) is 9.35. The summed E-state index contributed by atoms with van der Waals surface area (Å²) in [5, 5.41) is 2.08. The summed E-state index contributed by atoms with van der Waals surface area (Å²) < 4.78 is 29.7. The number of thiophene rings is 1. The molecule has 1 N–H and O–H groups in total. The molecule has 6 nitrogen and oxygen atoms in total. The number of aryl methyl sites for hydroxylation is 1. The van der Waals surface area contributed by atoms with E-state index in [1.807, 2.05) is 6.20 Å². The van der Waals surface area contributed by atoms with Crippen molar-refractivity contribution >= 4 is 42.6 Å². The predicted octanol–water partition coefficient (Wildman–Crippen LogP) is 3.49. The van der Waals surface area contributed by atoms with Crippen LogP contribution < -0.4 is 4.72 Å². The lowest BCUT2D eigenvalue weighted by Gasteiger charge is -2.30. The molecule has 1 saturated carbocycles. The molecule has 26 heavy (non-hydrogen) atoms. The number of pyridine rings is 1. The third-order valence-electron chi connectivity index (χ3n) is 5.46. The highest BCUT2D eigenvalue weighted by molar-refractivity contribution is 7.89. The fraction of sp³-hybridized carbons (Fsp3) is 0.556. The van der Waals surface area contributed by atoms with Gasteiger partial charge in [0.05, 0.1) is 27.7 Å². The molecular formula is C18H24N4O2S2. The number of rotatable bonds is 5. The topological polar surface area (TPSA) is 76.9 Å². The second-order valence-corrected chi connectivity index (χ2v) is 9.93. The summed E-state index contributed by atoms with van der Waals surface area (Å²) in [5.41, 5.74) is 3.20. The van der Waals surface area contributed by atoms with Gasteiger partial charge in [-0.05, 0) is 50.1 Å². The van der Waals surface area contributed by atoms with Gasteiger partial charge in [-0.2, -0.15) is 0 Å². The van der Waals surface area contributed by atoms with Gasteiger partial charge in [0, 0.05) is 12.5 Å². The third kappa shape index (κ3) is 3.14. The summed E-state index contributed by atoms with van der Waals surface area (Å²) in [6.45, 7) is 2.14. The molecule has 0 radical (unpaired) electrons. The Morgan fingerprint density at radius 1 is 1.27 bits per heavy atom. The standard InChI is InChI=1S/C18H24N4O2S2/c1-3-16-21-15-10-20-14-8-9-25-18(14)17(15)22(16)13-6-4-12(5-7-13)11-26(23,24)19-2/h8-10,12-13,19H,3-7,11H2,1-2H3. The fourth-order valence-corrected chi connectivity index (χ4v) is 6.14. The summed E-state index contributed by atoms with van der Waals surface area (Å²) in [5.74, 6) is 1.58. The maximum Gasteiger partial charge on any atom is 0.211 e. The molecule has 1 aliphatic carbocycles. The maximum atomic E-state index is 11.8. The molecule has 8 heteroatoms. The molecule has 0 aromatic carbocycles. The van der Waals surface area contributed by atoms with Crippen molar-refractivity contribution in [2.75, 3.05) is 12.8 Å². The zero-order valence-corrected chi connectivity index (χ0v) is 16.7. The minimum atomic E-state index is -3.13. The van der Waals surface area contributed by atoms with Gasteiger partial charge in [0.25, 0.3) is 0 Å². The molecule has 140 valence electrons. The van der Waals surface area contributed by atoms with Gasteiger partial charge in [-0.1, -0.05) is 6.92 Å². The van der Waals surface area contributed by atoms with Crippen LogP contribution in [-0.2, 0) is 16.4 Å². The number of imidazole rings is 1. The SMILES string of the molecule is CCc1nc2cnc3ccsc3c2n1C1CCC(CS(=O)(=O)NC)CC1. The molecule has 0 unspecified atom stereocenters. The minimum Gasteiger partial charge on any atom is -0.324 e. The van der Waals surface area contributed by atoms with Crippen LogP contribution in [0, 0.1) is 5.92 Å². The summed E-state index contributed by atoms with van der Waals surface area (Å²) in [7, 11) is -1.64. The third-order valence-corrected chi connectivity index (χ3v) is 7.90. The highest BCUT2D eigenvalue weighted by Crippen LogP contribution is 2.38. The highest BCUT2D eigenvalue weighted by atomic mass is 32.2. The van der Waals surface area contributed by atoms with Gasteiger partial charge >= 0.3 is 0 Å². The van der Waals surface area contributed by atoms with Gasteiger partial charge in [0.2, 0.25) is 10.0 Å². The molecule has 1 aliphatic rings. The largest absolute Gasteiger partial charge is 0.324 e. The Bertz CT molecular complexity index is 1030. The zero-order valence-electron chi connectivity index (χ0n) is 15.1. The molecule has 0 bridgehead atoms. The lowest BCUT2D eigenvalue weighted by molar-refractivity contribution is 0.290. The summed E-state index contributed by atoms with van der Waals surface area (Å²) in [6.07, 6.45) is 6.63. The molecule has 1 fully saturated rings. The van der Waals surface area contributed by atoms with E-state index in [1.54, 1.807) is 11.3 Å². The van der Waals surface area contributed by atoms with Crippen molar-refractivity contribution in [1.82, 2.24) is 19.3 Å². The number of nitrogens with zero attached hydrogens (tertiary/aromatic N) is 3. The van der Waals surface area contributed by atoms with Gasteiger partial charge in [-0.3, -0.25) is 4.98 Å². The van der Waals surface area contributed by atoms with Crippen LogP contribution in [0.25, 0.3) is 21.3 Å². The van der Waals surface area contributed by atoms with Gasteiger partial charge in [0.15, 0.2) is 0 Å². The van der Waals surface area contributed by atoms with Crippen LogP contribution in [0.1, 0.15) is 44.5 Å². The fourth-order valence-electron chi connectivity index (χ4n) is 4.13. The Balaban J connectivity index is 1.66.